The molecule has 2 aromatic rings. The van der Waals surface area contributed by atoms with Gasteiger partial charge in [-0.3, -0.25) is 9.79 Å². The number of hydrogen-bond donors (Lipinski definition) is 1. The second-order valence-electron chi connectivity index (χ2n) is 9.67. The number of carbonyl (C=O) groups excluding carboxylic acids is 1. The van der Waals surface area contributed by atoms with E-state index in [4.69, 9.17) is 0 Å². The van der Waals surface area contributed by atoms with E-state index in [0.29, 0.717) is 18.6 Å². The number of ketones is 1. The van der Waals surface area contributed by atoms with Crippen molar-refractivity contribution >= 4 is 17.2 Å². The molecule has 3 rings (SSSR count). The van der Waals surface area contributed by atoms with Crippen molar-refractivity contribution in [3.8, 4) is 0 Å². The fraction of sp³-hybridized carbons (Fsp3) is 0.562. The van der Waals surface area contributed by atoms with E-state index >= 15 is 0 Å². The summed E-state index contributed by atoms with van der Waals surface area (Å²) in [4.78, 5) is 15.5. The van der Waals surface area contributed by atoms with Crippen molar-refractivity contribution in [3.05, 3.63) is 65.2 Å². The highest BCUT2D eigenvalue weighted by Crippen LogP contribution is 2.26. The summed E-state index contributed by atoms with van der Waals surface area (Å²) < 4.78 is 0. The minimum absolute atomic E-state index is 0.346. The van der Waals surface area contributed by atoms with Gasteiger partial charge in [0.25, 0.3) is 0 Å². The fourth-order valence-electron chi connectivity index (χ4n) is 3.16. The van der Waals surface area contributed by atoms with Crippen LogP contribution in [-0.2, 0) is 16.8 Å². The lowest BCUT2D eigenvalue weighted by molar-refractivity contribution is -0.118. The zero-order valence-electron chi connectivity index (χ0n) is 23.9. The Bertz CT molecular complexity index is 859. The number of Topliss-reactive ketones (excluding diaryl/α,β-unsaturated/α-hetero) is 1. The lowest BCUT2D eigenvalue weighted by Gasteiger charge is -2.18. The molecule has 3 nitrogen and oxygen atoms in total. The molecule has 0 bridgehead atoms. The van der Waals surface area contributed by atoms with E-state index in [1.54, 1.807) is 13.8 Å². The van der Waals surface area contributed by atoms with Crippen molar-refractivity contribution in [2.24, 2.45) is 10.9 Å². The van der Waals surface area contributed by atoms with Crippen molar-refractivity contribution in [2.45, 2.75) is 113 Å². The highest BCUT2D eigenvalue weighted by atomic mass is 16.3. The third-order valence-corrected chi connectivity index (χ3v) is 6.05. The van der Waals surface area contributed by atoms with Crippen LogP contribution in [0.5, 0.6) is 0 Å². The van der Waals surface area contributed by atoms with E-state index in [-0.39, 0.29) is 0 Å². The van der Waals surface area contributed by atoms with Crippen LogP contribution in [0.15, 0.2) is 53.5 Å². The van der Waals surface area contributed by atoms with Crippen molar-refractivity contribution in [3.63, 3.8) is 0 Å². The van der Waals surface area contributed by atoms with Gasteiger partial charge in [0.15, 0.2) is 0 Å². The quantitative estimate of drug-likeness (QED) is 0.401. The molecule has 1 saturated carbocycles. The molecule has 0 amide bonds. The Morgan fingerprint density at radius 2 is 1.60 bits per heavy atom. The predicted octanol–water partition coefficient (Wildman–Crippen LogP) is 9.16. The van der Waals surface area contributed by atoms with Crippen molar-refractivity contribution in [1.82, 2.24) is 0 Å². The van der Waals surface area contributed by atoms with Crippen LogP contribution < -0.4 is 0 Å². The maximum absolute atomic E-state index is 11.0. The number of aliphatic hydroxyl groups is 1. The van der Waals surface area contributed by atoms with Crippen LogP contribution in [0.2, 0.25) is 0 Å². The number of rotatable bonds is 7. The summed E-state index contributed by atoms with van der Waals surface area (Å²) in [5.74, 6) is 1.41. The van der Waals surface area contributed by atoms with Crippen LogP contribution in [-0.4, -0.2) is 16.6 Å². The SMILES string of the molecule is CC.CC1CCC1.CCC(=O)CCc1ccccc1.CCC(C)=Nc1ccc(C(C)(C)O)cc1C. The van der Waals surface area contributed by atoms with Gasteiger partial charge >= 0.3 is 0 Å². The van der Waals surface area contributed by atoms with Crippen LogP contribution in [0.1, 0.15) is 111 Å². The van der Waals surface area contributed by atoms with Crippen molar-refractivity contribution < 1.29 is 9.90 Å². The number of aryl methyl sites for hydroxylation is 2. The molecule has 1 aliphatic rings. The molecule has 0 radical (unpaired) electrons. The number of aliphatic imine (C=N–C) groups is 1. The van der Waals surface area contributed by atoms with Crippen LogP contribution in [0, 0.1) is 12.8 Å². The average molecular weight is 482 g/mol. The van der Waals surface area contributed by atoms with Crippen molar-refractivity contribution in [2.75, 3.05) is 0 Å². The van der Waals surface area contributed by atoms with Gasteiger partial charge < -0.3 is 5.11 Å². The highest BCUT2D eigenvalue weighted by Gasteiger charge is 2.16. The Morgan fingerprint density at radius 1 is 1.03 bits per heavy atom. The van der Waals surface area contributed by atoms with Crippen LogP contribution in [0.3, 0.4) is 0 Å². The third-order valence-electron chi connectivity index (χ3n) is 6.05. The van der Waals surface area contributed by atoms with E-state index in [1.165, 1.54) is 24.8 Å². The van der Waals surface area contributed by atoms with Gasteiger partial charge in [-0.1, -0.05) is 96.3 Å². The van der Waals surface area contributed by atoms with E-state index in [2.05, 4.69) is 31.0 Å². The molecule has 0 aliphatic heterocycles. The summed E-state index contributed by atoms with van der Waals surface area (Å²) in [6.45, 7) is 18.0. The zero-order valence-corrected chi connectivity index (χ0v) is 23.9. The van der Waals surface area contributed by atoms with E-state index in [9.17, 15) is 9.90 Å². The first kappa shape index (κ1) is 32.7. The molecule has 2 aromatic carbocycles. The predicted molar refractivity (Wildman–Crippen MR) is 154 cm³/mol. The molecular formula is C32H51NO2. The molecule has 0 saturated heterocycles. The third kappa shape index (κ3) is 14.7. The lowest BCUT2D eigenvalue weighted by atomic mass is 9.88. The van der Waals surface area contributed by atoms with Crippen LogP contribution in [0.4, 0.5) is 5.69 Å². The second kappa shape index (κ2) is 18.1. The normalized spacial score (nSPS) is 13.1. The number of hydrogen-bond acceptors (Lipinski definition) is 3. The summed E-state index contributed by atoms with van der Waals surface area (Å²) in [6.07, 6.45) is 7.65. The van der Waals surface area contributed by atoms with Crippen LogP contribution >= 0.6 is 0 Å². The summed E-state index contributed by atoms with van der Waals surface area (Å²) in [7, 11) is 0. The van der Waals surface area contributed by atoms with E-state index < -0.39 is 5.60 Å². The monoisotopic (exact) mass is 481 g/mol. The molecule has 1 N–H and O–H groups in total. The zero-order chi connectivity index (χ0) is 26.9. The molecule has 0 spiro atoms. The second-order valence-corrected chi connectivity index (χ2v) is 9.67. The Kier molecular flexibility index (Phi) is 16.9. The number of nitrogens with zero attached hydrogens (tertiary/aromatic N) is 1. The molecule has 0 heterocycles. The molecule has 196 valence electrons. The Hall–Kier alpha value is -2.26. The van der Waals surface area contributed by atoms with Gasteiger partial charge in [0.2, 0.25) is 0 Å². The largest absolute Gasteiger partial charge is 0.386 e. The van der Waals surface area contributed by atoms with Gasteiger partial charge in [-0.2, -0.15) is 0 Å². The number of benzene rings is 2. The maximum Gasteiger partial charge on any atom is 0.132 e. The van der Waals surface area contributed by atoms with E-state index in [0.717, 1.165) is 41.3 Å². The molecule has 1 fully saturated rings. The summed E-state index contributed by atoms with van der Waals surface area (Å²) in [5.41, 5.74) is 4.61. The maximum atomic E-state index is 11.0. The minimum atomic E-state index is -0.785. The highest BCUT2D eigenvalue weighted by molar-refractivity contribution is 5.84. The summed E-state index contributed by atoms with van der Waals surface area (Å²) in [5, 5.41) is 9.90. The molecule has 35 heavy (non-hydrogen) atoms. The summed E-state index contributed by atoms with van der Waals surface area (Å²) >= 11 is 0. The van der Waals surface area contributed by atoms with Crippen LogP contribution in [0.25, 0.3) is 0 Å². The Labute approximate surface area is 216 Å². The van der Waals surface area contributed by atoms with Crippen molar-refractivity contribution in [1.29, 1.82) is 0 Å². The first-order valence-electron chi connectivity index (χ1n) is 13.5. The Balaban J connectivity index is 0.000000531. The minimum Gasteiger partial charge on any atom is -0.386 e. The smallest absolute Gasteiger partial charge is 0.132 e. The van der Waals surface area contributed by atoms with Gasteiger partial charge in [0.1, 0.15) is 5.78 Å². The fourth-order valence-corrected chi connectivity index (χ4v) is 3.16. The first-order chi connectivity index (χ1) is 16.6. The molecule has 3 heteroatoms. The topological polar surface area (TPSA) is 49.7 Å². The molecule has 0 atom stereocenters. The molecule has 1 aliphatic carbocycles. The van der Waals surface area contributed by atoms with Gasteiger partial charge in [0.05, 0.1) is 11.3 Å². The lowest BCUT2D eigenvalue weighted by Crippen LogP contribution is -2.15. The van der Waals surface area contributed by atoms with Gasteiger partial charge in [-0.15, -0.1) is 0 Å². The average Bonchev–Trinajstić information content (AvgIpc) is 2.84. The van der Waals surface area contributed by atoms with Gasteiger partial charge in [0, 0.05) is 18.6 Å². The molecule has 0 unspecified atom stereocenters. The number of carbonyl (C=O) groups is 1. The molecule has 0 aromatic heterocycles. The molecular weight excluding hydrogens is 430 g/mol. The standard InChI is InChI=1S/C14H21NO.C11H14O.C5H10.C2H6/c1-6-11(3)15-13-8-7-12(9-10(13)2)14(4,5)16;1-2-11(12)9-8-10-6-4-3-5-7-10;1-5-3-2-4-5;1-2/h7-9,16H,6H2,1-5H3;3-7H,2,8-9H2,1H3;5H,2-4H2,1H3;1-2H3. The van der Waals surface area contributed by atoms with Gasteiger partial charge in [-0.05, 0) is 69.2 Å². The Morgan fingerprint density at radius 3 is 2.00 bits per heavy atom. The van der Waals surface area contributed by atoms with E-state index in [1.807, 2.05) is 71.0 Å². The first-order valence-corrected chi connectivity index (χ1v) is 13.5. The van der Waals surface area contributed by atoms with Gasteiger partial charge in [-0.25, -0.2) is 0 Å². The summed E-state index contributed by atoms with van der Waals surface area (Å²) in [6, 6.07) is 16.0.